The molecule has 192 valence electrons. The summed E-state index contributed by atoms with van der Waals surface area (Å²) in [6.45, 7) is 0. The first-order valence-corrected chi connectivity index (χ1v) is 13.6. The first-order chi connectivity index (χ1) is 17.9. The molecule has 3 amide bonds. The van der Waals surface area contributed by atoms with Crippen LogP contribution in [0.15, 0.2) is 52.2 Å². The standard InChI is InChI=1S/C22H20N6O6S3/c1-34-27-16(14-10-37-21(25-14)24-12-29)17(30)26-22(11-35-7-4-13-3-2-6-23-9-13)19(33)28-15(18(31)32)5-8-36-20(22)28/h2-7,9-10,12,20H,8,11H2,1H3,(H,26,30)(H,31,32)(H,24,25,29)/b7-4-,27-16?/t20-,22?/m0/s1. The van der Waals surface area contributed by atoms with Gasteiger partial charge in [0, 0.05) is 29.3 Å². The first-order valence-electron chi connectivity index (χ1n) is 10.6. The van der Waals surface area contributed by atoms with Gasteiger partial charge >= 0.3 is 5.97 Å². The third-order valence-electron chi connectivity index (χ3n) is 5.28. The molecule has 37 heavy (non-hydrogen) atoms. The normalized spacial score (nSPS) is 21.1. The van der Waals surface area contributed by atoms with Gasteiger partial charge in [0.05, 0.1) is 0 Å². The summed E-state index contributed by atoms with van der Waals surface area (Å²) >= 11 is 3.71. The number of hydrogen-bond acceptors (Lipinski definition) is 11. The van der Waals surface area contributed by atoms with Crippen molar-refractivity contribution in [2.24, 2.45) is 5.16 Å². The Morgan fingerprint density at radius 2 is 2.30 bits per heavy atom. The van der Waals surface area contributed by atoms with Crippen LogP contribution in [0.25, 0.3) is 6.08 Å². The van der Waals surface area contributed by atoms with Gasteiger partial charge in [-0.2, -0.15) is 0 Å². The number of β-lactam (4-membered cyclic amide) rings is 1. The van der Waals surface area contributed by atoms with E-state index < -0.39 is 28.7 Å². The van der Waals surface area contributed by atoms with Crippen molar-refractivity contribution in [1.82, 2.24) is 20.2 Å². The third kappa shape index (κ3) is 5.38. The Morgan fingerprint density at radius 1 is 1.46 bits per heavy atom. The summed E-state index contributed by atoms with van der Waals surface area (Å²) < 4.78 is 0. The lowest BCUT2D eigenvalue weighted by Gasteiger charge is -2.56. The highest BCUT2D eigenvalue weighted by molar-refractivity contribution is 8.02. The van der Waals surface area contributed by atoms with E-state index in [1.54, 1.807) is 23.9 Å². The number of thioether (sulfide) groups is 2. The Morgan fingerprint density at radius 3 is 3.00 bits per heavy atom. The van der Waals surface area contributed by atoms with Crippen molar-refractivity contribution in [1.29, 1.82) is 0 Å². The number of oxime groups is 1. The minimum absolute atomic E-state index is 0.121. The van der Waals surface area contributed by atoms with Crippen LogP contribution in [-0.2, 0) is 24.0 Å². The van der Waals surface area contributed by atoms with Crippen LogP contribution in [0.4, 0.5) is 5.13 Å². The summed E-state index contributed by atoms with van der Waals surface area (Å²) in [7, 11) is 1.26. The number of carboxylic acid groups (broad SMARTS) is 1. The third-order valence-corrected chi connectivity index (χ3v) is 8.29. The van der Waals surface area contributed by atoms with Crippen LogP contribution in [0.2, 0.25) is 0 Å². The van der Waals surface area contributed by atoms with Gasteiger partial charge in [0.2, 0.25) is 6.41 Å². The van der Waals surface area contributed by atoms with Gasteiger partial charge in [0.25, 0.3) is 11.8 Å². The van der Waals surface area contributed by atoms with Crippen LogP contribution >= 0.6 is 34.9 Å². The van der Waals surface area contributed by atoms with E-state index in [-0.39, 0.29) is 28.0 Å². The number of amides is 3. The zero-order chi connectivity index (χ0) is 26.4. The summed E-state index contributed by atoms with van der Waals surface area (Å²) in [6, 6.07) is 3.66. The van der Waals surface area contributed by atoms with E-state index in [0.717, 1.165) is 16.9 Å². The van der Waals surface area contributed by atoms with Crippen molar-refractivity contribution in [2.75, 3.05) is 23.9 Å². The van der Waals surface area contributed by atoms with Crippen LogP contribution in [0, 0.1) is 0 Å². The van der Waals surface area contributed by atoms with Gasteiger partial charge in [-0.15, -0.1) is 34.9 Å². The molecule has 1 fully saturated rings. The SMILES string of the molecule is CON=C(C(=O)NC1(CS/C=C\c2cccnc2)C(=O)N2C(C(=O)O)=CCS[C@H]21)c1csc(NC=O)n1. The minimum Gasteiger partial charge on any atom is -0.477 e. The van der Waals surface area contributed by atoms with Crippen LogP contribution in [0.5, 0.6) is 0 Å². The molecule has 15 heteroatoms. The monoisotopic (exact) mass is 560 g/mol. The average Bonchev–Trinajstić information content (AvgIpc) is 3.37. The Labute approximate surface area is 223 Å². The molecule has 2 aliphatic rings. The molecule has 3 N–H and O–H groups in total. The summed E-state index contributed by atoms with van der Waals surface area (Å²) in [5, 5.41) is 21.4. The molecular formula is C22H20N6O6S3. The lowest BCUT2D eigenvalue weighted by Crippen LogP contribution is -2.81. The molecule has 4 heterocycles. The second-order valence-electron chi connectivity index (χ2n) is 7.50. The van der Waals surface area contributed by atoms with Crippen LogP contribution < -0.4 is 10.6 Å². The summed E-state index contributed by atoms with van der Waals surface area (Å²) in [4.78, 5) is 63.5. The Kier molecular flexibility index (Phi) is 8.25. The number of hydrogen-bond donors (Lipinski definition) is 3. The largest absolute Gasteiger partial charge is 0.477 e. The van der Waals surface area contributed by atoms with Gasteiger partial charge in [-0.1, -0.05) is 11.2 Å². The molecule has 12 nitrogen and oxygen atoms in total. The van der Waals surface area contributed by atoms with Crippen LogP contribution in [-0.4, -0.2) is 79.4 Å². The van der Waals surface area contributed by atoms with E-state index in [1.807, 2.05) is 12.1 Å². The fraction of sp³-hybridized carbons (Fsp3) is 0.227. The molecule has 1 saturated heterocycles. The van der Waals surface area contributed by atoms with Crippen molar-refractivity contribution in [2.45, 2.75) is 10.9 Å². The zero-order valence-corrected chi connectivity index (χ0v) is 21.6. The number of nitrogens with zero attached hydrogens (tertiary/aromatic N) is 4. The van der Waals surface area contributed by atoms with Gasteiger partial charge in [-0.05, 0) is 29.2 Å². The molecule has 0 aromatic carbocycles. The van der Waals surface area contributed by atoms with Crippen molar-refractivity contribution in [3.8, 4) is 0 Å². The Hall–Kier alpha value is -3.69. The minimum atomic E-state index is -1.42. The molecule has 2 aromatic rings. The quantitative estimate of drug-likeness (QED) is 0.159. The van der Waals surface area contributed by atoms with Gasteiger partial charge in [-0.25, -0.2) is 9.78 Å². The van der Waals surface area contributed by atoms with E-state index >= 15 is 0 Å². The number of fused-ring (bicyclic) bond motifs is 1. The van der Waals surface area contributed by atoms with E-state index in [1.165, 1.54) is 47.0 Å². The number of rotatable bonds is 11. The summed E-state index contributed by atoms with van der Waals surface area (Å²) in [6.07, 6.45) is 7.08. The molecule has 0 radical (unpaired) electrons. The van der Waals surface area contributed by atoms with E-state index in [4.69, 9.17) is 4.84 Å². The van der Waals surface area contributed by atoms with Crippen molar-refractivity contribution in [3.63, 3.8) is 0 Å². The molecule has 1 unspecified atom stereocenters. The molecule has 0 saturated carbocycles. The smallest absolute Gasteiger partial charge is 0.352 e. The van der Waals surface area contributed by atoms with Gasteiger partial charge in [0.1, 0.15) is 23.9 Å². The van der Waals surface area contributed by atoms with Crippen molar-refractivity contribution < 1.29 is 29.1 Å². The van der Waals surface area contributed by atoms with Gasteiger partial charge in [-0.3, -0.25) is 24.3 Å². The average molecular weight is 561 g/mol. The van der Waals surface area contributed by atoms with E-state index in [2.05, 4.69) is 25.8 Å². The van der Waals surface area contributed by atoms with E-state index in [0.29, 0.717) is 12.2 Å². The van der Waals surface area contributed by atoms with Gasteiger partial charge in [0.15, 0.2) is 16.4 Å². The highest BCUT2D eigenvalue weighted by Crippen LogP contribution is 2.46. The van der Waals surface area contributed by atoms with Crippen molar-refractivity contribution >= 4 is 76.0 Å². The zero-order valence-electron chi connectivity index (χ0n) is 19.2. The molecule has 2 aliphatic heterocycles. The maximum Gasteiger partial charge on any atom is 0.352 e. The summed E-state index contributed by atoms with van der Waals surface area (Å²) in [5.41, 5.74) is -0.747. The number of thiazole rings is 1. The number of aromatic nitrogens is 2. The predicted octanol–water partition coefficient (Wildman–Crippen LogP) is 1.60. The molecule has 0 spiro atoms. The van der Waals surface area contributed by atoms with Crippen LogP contribution in [0.3, 0.4) is 0 Å². The fourth-order valence-corrected chi connectivity index (χ4v) is 6.71. The Balaban J connectivity index is 1.60. The number of anilines is 1. The topological polar surface area (TPSA) is 163 Å². The second kappa shape index (κ2) is 11.6. The molecule has 0 aliphatic carbocycles. The lowest BCUT2D eigenvalue weighted by molar-refractivity contribution is -0.156. The highest BCUT2D eigenvalue weighted by Gasteiger charge is 2.64. The van der Waals surface area contributed by atoms with E-state index in [9.17, 15) is 24.3 Å². The fourth-order valence-electron chi connectivity index (χ4n) is 3.66. The lowest BCUT2D eigenvalue weighted by atomic mass is 9.88. The summed E-state index contributed by atoms with van der Waals surface area (Å²) in [5.74, 6) is -2.02. The molecule has 4 rings (SSSR count). The number of carbonyl (C=O) groups excluding carboxylic acids is 3. The number of nitrogens with one attached hydrogen (secondary N) is 2. The number of aliphatic carboxylic acids is 1. The maximum absolute atomic E-state index is 13.5. The number of carbonyl (C=O) groups is 4. The maximum atomic E-state index is 13.5. The molecule has 2 aromatic heterocycles. The molecular weight excluding hydrogens is 540 g/mol. The second-order valence-corrected chi connectivity index (χ2v) is 10.4. The molecule has 2 atom stereocenters. The number of pyridine rings is 1. The van der Waals surface area contributed by atoms with Crippen LogP contribution in [0.1, 0.15) is 11.3 Å². The number of carboxylic acids is 1. The Bertz CT molecular complexity index is 1300. The van der Waals surface area contributed by atoms with Crippen molar-refractivity contribution in [3.05, 3.63) is 58.3 Å². The first kappa shape index (κ1) is 26.4. The highest BCUT2D eigenvalue weighted by atomic mass is 32.2. The molecule has 0 bridgehead atoms. The van der Waals surface area contributed by atoms with Gasteiger partial charge < -0.3 is 20.6 Å². The predicted molar refractivity (Wildman–Crippen MR) is 141 cm³/mol.